The molecule has 0 saturated carbocycles. The molecule has 0 aliphatic carbocycles. The molecule has 0 aromatic heterocycles. The van der Waals surface area contributed by atoms with Gasteiger partial charge in [-0.05, 0) is 89.0 Å². The molecule has 42 heavy (non-hydrogen) atoms. The summed E-state index contributed by atoms with van der Waals surface area (Å²) < 4.78 is 6.31. The highest BCUT2D eigenvalue weighted by Gasteiger charge is 2.38. The first-order valence-corrected chi connectivity index (χ1v) is 14.5. The van der Waals surface area contributed by atoms with E-state index in [2.05, 4.69) is 145 Å². The Bertz CT molecular complexity index is 1900. The minimum atomic E-state index is -0.248. The predicted octanol–water partition coefficient (Wildman–Crippen LogP) is 11.0. The van der Waals surface area contributed by atoms with Gasteiger partial charge in [0.15, 0.2) is 11.5 Å². The summed E-state index contributed by atoms with van der Waals surface area (Å²) in [6, 6.07) is 51.7. The maximum atomic E-state index is 6.31. The van der Waals surface area contributed by atoms with E-state index in [-0.39, 0.29) is 5.41 Å². The van der Waals surface area contributed by atoms with Crippen molar-refractivity contribution in [3.8, 4) is 22.6 Å². The standard InChI is InChI=1S/C39H30N2O/c1-39(2)31-25-28(27-13-5-3-6-14-27)21-23-33(31)40(29-15-7-4-8-16-29)34-24-22-30(26-32(34)39)41-35-17-9-11-19-37(35)42-38-20-12-10-18-36(38)41/h3-26H,1-2H3. The number of para-hydroxylation sites is 5. The van der Waals surface area contributed by atoms with Gasteiger partial charge < -0.3 is 14.5 Å². The lowest BCUT2D eigenvalue weighted by atomic mass is 9.72. The number of ether oxygens (including phenoxy) is 1. The zero-order valence-corrected chi connectivity index (χ0v) is 23.7. The van der Waals surface area contributed by atoms with Crippen LogP contribution in [-0.4, -0.2) is 0 Å². The fourth-order valence-corrected chi connectivity index (χ4v) is 6.51. The molecule has 0 saturated heterocycles. The normalized spacial score (nSPS) is 14.2. The van der Waals surface area contributed by atoms with Gasteiger partial charge in [-0.2, -0.15) is 0 Å². The van der Waals surface area contributed by atoms with E-state index in [0.717, 1.165) is 34.2 Å². The van der Waals surface area contributed by atoms with Gasteiger partial charge in [0, 0.05) is 16.8 Å². The van der Waals surface area contributed by atoms with Crippen molar-refractivity contribution in [1.29, 1.82) is 0 Å². The lowest BCUT2D eigenvalue weighted by Gasteiger charge is -2.43. The highest BCUT2D eigenvalue weighted by molar-refractivity contribution is 5.91. The quantitative estimate of drug-likeness (QED) is 0.221. The van der Waals surface area contributed by atoms with E-state index >= 15 is 0 Å². The SMILES string of the molecule is CC1(C)c2cc(-c3ccccc3)ccc2N(c2ccccc2)c2ccc(N3c4ccccc4Oc4ccccc43)cc21. The lowest BCUT2D eigenvalue weighted by Crippen LogP contribution is -2.31. The first kappa shape index (κ1) is 24.5. The molecule has 0 radical (unpaired) electrons. The molecule has 0 unspecified atom stereocenters. The smallest absolute Gasteiger partial charge is 0.151 e. The highest BCUT2D eigenvalue weighted by Crippen LogP contribution is 2.55. The fraction of sp³-hybridized carbons (Fsp3) is 0.0769. The number of rotatable bonds is 3. The van der Waals surface area contributed by atoms with E-state index in [0.29, 0.717) is 0 Å². The number of anilines is 6. The Hall–Kier alpha value is -5.28. The van der Waals surface area contributed by atoms with Gasteiger partial charge in [-0.3, -0.25) is 0 Å². The van der Waals surface area contributed by atoms with Gasteiger partial charge >= 0.3 is 0 Å². The number of nitrogens with zero attached hydrogens (tertiary/aromatic N) is 2. The van der Waals surface area contributed by atoms with E-state index in [9.17, 15) is 0 Å². The van der Waals surface area contributed by atoms with Gasteiger partial charge in [-0.1, -0.05) is 92.7 Å². The summed E-state index contributed by atoms with van der Waals surface area (Å²) in [5.41, 5.74) is 11.5. The molecule has 2 heterocycles. The first-order chi connectivity index (χ1) is 20.6. The minimum absolute atomic E-state index is 0.248. The molecular formula is C39H30N2O. The number of fused-ring (bicyclic) bond motifs is 4. The van der Waals surface area contributed by atoms with Gasteiger partial charge in [0.1, 0.15) is 0 Å². The van der Waals surface area contributed by atoms with Gasteiger partial charge in [0.2, 0.25) is 0 Å². The summed E-state index contributed by atoms with van der Waals surface area (Å²) in [4.78, 5) is 4.74. The average Bonchev–Trinajstić information content (AvgIpc) is 3.04. The third-order valence-electron chi connectivity index (χ3n) is 8.62. The van der Waals surface area contributed by atoms with Gasteiger partial charge in [-0.15, -0.1) is 0 Å². The fourth-order valence-electron chi connectivity index (χ4n) is 6.51. The molecule has 0 atom stereocenters. The van der Waals surface area contributed by atoms with Crippen molar-refractivity contribution in [2.24, 2.45) is 0 Å². The number of hydrogen-bond donors (Lipinski definition) is 0. The molecule has 2 aliphatic heterocycles. The second-order valence-electron chi connectivity index (χ2n) is 11.5. The molecule has 0 spiro atoms. The summed E-state index contributed by atoms with van der Waals surface area (Å²) in [5.74, 6) is 1.72. The predicted molar refractivity (Wildman–Crippen MR) is 173 cm³/mol. The third-order valence-corrected chi connectivity index (χ3v) is 8.62. The first-order valence-electron chi connectivity index (χ1n) is 14.5. The minimum Gasteiger partial charge on any atom is -0.453 e. The van der Waals surface area contributed by atoms with Gasteiger partial charge in [0.25, 0.3) is 0 Å². The maximum Gasteiger partial charge on any atom is 0.151 e. The van der Waals surface area contributed by atoms with E-state index in [1.807, 2.05) is 24.3 Å². The Morgan fingerprint density at radius 2 is 0.952 bits per heavy atom. The Morgan fingerprint density at radius 1 is 0.429 bits per heavy atom. The molecular weight excluding hydrogens is 512 g/mol. The third kappa shape index (κ3) is 3.74. The Labute approximate surface area is 246 Å². The summed E-state index contributed by atoms with van der Waals surface area (Å²) in [6.45, 7) is 4.71. The van der Waals surface area contributed by atoms with Crippen LogP contribution in [0.4, 0.5) is 34.1 Å². The van der Waals surface area contributed by atoms with Crippen LogP contribution >= 0.6 is 0 Å². The molecule has 3 heteroatoms. The molecule has 6 aromatic rings. The molecule has 8 rings (SSSR count). The molecule has 2 aliphatic rings. The van der Waals surface area contributed by atoms with Crippen LogP contribution in [0, 0.1) is 0 Å². The molecule has 0 amide bonds. The van der Waals surface area contributed by atoms with Crippen LogP contribution in [0.15, 0.2) is 146 Å². The van der Waals surface area contributed by atoms with Crippen molar-refractivity contribution in [3.63, 3.8) is 0 Å². The van der Waals surface area contributed by atoms with Crippen LogP contribution in [-0.2, 0) is 5.41 Å². The molecule has 6 aromatic carbocycles. The average molecular weight is 543 g/mol. The highest BCUT2D eigenvalue weighted by atomic mass is 16.5. The van der Waals surface area contributed by atoms with E-state index in [4.69, 9.17) is 4.74 Å². The van der Waals surface area contributed by atoms with Crippen molar-refractivity contribution in [2.45, 2.75) is 19.3 Å². The monoisotopic (exact) mass is 542 g/mol. The zero-order valence-electron chi connectivity index (χ0n) is 23.7. The van der Waals surface area contributed by atoms with Crippen molar-refractivity contribution in [3.05, 3.63) is 157 Å². The summed E-state index contributed by atoms with van der Waals surface area (Å²) >= 11 is 0. The van der Waals surface area contributed by atoms with Crippen molar-refractivity contribution < 1.29 is 4.74 Å². The Kier molecular flexibility index (Phi) is 5.48. The van der Waals surface area contributed by atoms with Crippen molar-refractivity contribution in [1.82, 2.24) is 0 Å². The van der Waals surface area contributed by atoms with Crippen LogP contribution in [0.3, 0.4) is 0 Å². The van der Waals surface area contributed by atoms with Gasteiger partial charge in [-0.25, -0.2) is 0 Å². The summed E-state index contributed by atoms with van der Waals surface area (Å²) in [7, 11) is 0. The van der Waals surface area contributed by atoms with E-state index in [1.54, 1.807) is 0 Å². The number of hydrogen-bond acceptors (Lipinski definition) is 3. The van der Waals surface area contributed by atoms with Crippen molar-refractivity contribution >= 4 is 34.1 Å². The molecule has 202 valence electrons. The van der Waals surface area contributed by atoms with E-state index < -0.39 is 0 Å². The van der Waals surface area contributed by atoms with Gasteiger partial charge in [0.05, 0.1) is 22.7 Å². The second kappa shape index (κ2) is 9.39. The summed E-state index contributed by atoms with van der Waals surface area (Å²) in [5, 5.41) is 0. The zero-order chi connectivity index (χ0) is 28.3. The van der Waals surface area contributed by atoms with Crippen molar-refractivity contribution in [2.75, 3.05) is 9.80 Å². The molecule has 3 nitrogen and oxygen atoms in total. The van der Waals surface area contributed by atoms with Crippen LogP contribution in [0.1, 0.15) is 25.0 Å². The summed E-state index contributed by atoms with van der Waals surface area (Å²) in [6.07, 6.45) is 0. The van der Waals surface area contributed by atoms with Crippen LogP contribution in [0.5, 0.6) is 11.5 Å². The van der Waals surface area contributed by atoms with Crippen LogP contribution < -0.4 is 14.5 Å². The molecule has 0 bridgehead atoms. The largest absolute Gasteiger partial charge is 0.453 e. The molecule has 0 N–H and O–H groups in total. The number of benzene rings is 6. The lowest BCUT2D eigenvalue weighted by molar-refractivity contribution is 0.477. The van der Waals surface area contributed by atoms with Crippen LogP contribution in [0.25, 0.3) is 11.1 Å². The topological polar surface area (TPSA) is 15.7 Å². The molecule has 0 fully saturated rings. The second-order valence-corrected chi connectivity index (χ2v) is 11.5. The Balaban J connectivity index is 1.35. The van der Waals surface area contributed by atoms with Crippen LogP contribution in [0.2, 0.25) is 0 Å². The Morgan fingerprint density at radius 3 is 1.62 bits per heavy atom. The maximum absolute atomic E-state index is 6.31. The van der Waals surface area contributed by atoms with E-state index in [1.165, 1.54) is 33.6 Å².